The molecule has 4 rings (SSSR count). The summed E-state index contributed by atoms with van der Waals surface area (Å²) in [4.78, 5) is 12.3. The first-order valence-electron chi connectivity index (χ1n) is 9.65. The van der Waals surface area contributed by atoms with Crippen LogP contribution in [0.2, 0.25) is 0 Å². The number of para-hydroxylation sites is 2. The Morgan fingerprint density at radius 2 is 1.90 bits per heavy atom. The van der Waals surface area contributed by atoms with E-state index in [2.05, 4.69) is 15.5 Å². The fourth-order valence-electron chi connectivity index (χ4n) is 2.92. The van der Waals surface area contributed by atoms with Crippen LogP contribution >= 0.6 is 11.8 Å². The lowest BCUT2D eigenvalue weighted by molar-refractivity contribution is -0.119. The van der Waals surface area contributed by atoms with Crippen LogP contribution in [-0.4, -0.2) is 21.9 Å². The largest absolute Gasteiger partial charge is 0.478 e. The minimum absolute atomic E-state index is 0.0920. The molecule has 0 fully saturated rings. The number of fused-ring (bicyclic) bond motifs is 1. The summed E-state index contributed by atoms with van der Waals surface area (Å²) in [5.74, 6) is 0.392. The molecule has 0 radical (unpaired) electrons. The summed E-state index contributed by atoms with van der Waals surface area (Å²) in [6, 6.07) is 15.4. The third-order valence-electron chi connectivity index (χ3n) is 4.49. The third kappa shape index (κ3) is 5.05. The van der Waals surface area contributed by atoms with Crippen molar-refractivity contribution < 1.29 is 22.8 Å². The minimum atomic E-state index is -0.638. The van der Waals surface area contributed by atoms with Crippen molar-refractivity contribution in [3.05, 3.63) is 72.1 Å². The third-order valence-corrected chi connectivity index (χ3v) is 5.30. The lowest BCUT2D eigenvalue weighted by Crippen LogP contribution is -2.27. The molecule has 1 N–H and O–H groups in total. The van der Waals surface area contributed by atoms with E-state index in [1.54, 1.807) is 19.1 Å². The van der Waals surface area contributed by atoms with Gasteiger partial charge in [-0.25, -0.2) is 4.39 Å². The number of hydrogen-bond donors (Lipinski definition) is 1. The molecule has 2 aromatic carbocycles. The molecule has 0 saturated carbocycles. The first-order chi connectivity index (χ1) is 15.0. The molecule has 0 aliphatic heterocycles. The zero-order valence-electron chi connectivity index (χ0n) is 16.9. The van der Waals surface area contributed by atoms with Gasteiger partial charge in [-0.2, -0.15) is 0 Å². The molecular formula is C22H20FN3O4S. The summed E-state index contributed by atoms with van der Waals surface area (Å²) in [5.41, 5.74) is 0.776. The van der Waals surface area contributed by atoms with E-state index in [0.717, 1.165) is 22.7 Å². The number of carbonyl (C=O) groups excluding carboxylic acids is 1. The van der Waals surface area contributed by atoms with Crippen molar-refractivity contribution in [2.75, 3.05) is 5.75 Å². The summed E-state index contributed by atoms with van der Waals surface area (Å²) in [7, 11) is 0. The molecule has 9 heteroatoms. The van der Waals surface area contributed by atoms with E-state index in [-0.39, 0.29) is 34.6 Å². The molecule has 0 aliphatic rings. The van der Waals surface area contributed by atoms with Gasteiger partial charge in [-0.05, 0) is 38.1 Å². The standard InChI is InChI=1S/C22H20FN3O4S/c1-13(19-11-15-7-3-5-9-17(15)29-19)24-20(27)12-31-22-26-25-21(30-22)14(2)28-18-10-6-4-8-16(18)23/h3-11,13-14H,12H2,1-2H3,(H,24,27)/t13-,14+/m0/s1. The normalized spacial score (nSPS) is 13.1. The van der Waals surface area contributed by atoms with Crippen LogP contribution < -0.4 is 10.1 Å². The van der Waals surface area contributed by atoms with Gasteiger partial charge in [0.2, 0.25) is 5.91 Å². The fraction of sp³-hybridized carbons (Fsp3) is 0.227. The van der Waals surface area contributed by atoms with E-state index in [1.165, 1.54) is 12.1 Å². The van der Waals surface area contributed by atoms with Gasteiger partial charge in [-0.3, -0.25) is 4.79 Å². The molecule has 2 aromatic heterocycles. The predicted molar refractivity (Wildman–Crippen MR) is 113 cm³/mol. The monoisotopic (exact) mass is 441 g/mol. The zero-order chi connectivity index (χ0) is 21.8. The highest BCUT2D eigenvalue weighted by molar-refractivity contribution is 7.99. The van der Waals surface area contributed by atoms with Crippen LogP contribution in [0.1, 0.15) is 37.6 Å². The van der Waals surface area contributed by atoms with Gasteiger partial charge in [-0.15, -0.1) is 10.2 Å². The number of hydrogen-bond acceptors (Lipinski definition) is 7. The molecular weight excluding hydrogens is 421 g/mol. The number of benzene rings is 2. The number of amides is 1. The van der Waals surface area contributed by atoms with E-state index in [4.69, 9.17) is 13.6 Å². The highest BCUT2D eigenvalue weighted by Crippen LogP contribution is 2.26. The van der Waals surface area contributed by atoms with Crippen molar-refractivity contribution >= 4 is 28.6 Å². The quantitative estimate of drug-likeness (QED) is 0.382. The average molecular weight is 441 g/mol. The molecule has 0 spiro atoms. The number of furan rings is 1. The maximum atomic E-state index is 13.7. The van der Waals surface area contributed by atoms with Crippen molar-refractivity contribution in [2.45, 2.75) is 31.2 Å². The maximum absolute atomic E-state index is 13.7. The molecule has 0 aliphatic carbocycles. The van der Waals surface area contributed by atoms with Crippen molar-refractivity contribution in [1.82, 2.24) is 15.5 Å². The number of nitrogens with zero attached hydrogens (tertiary/aromatic N) is 2. The van der Waals surface area contributed by atoms with Crippen LogP contribution in [0.3, 0.4) is 0 Å². The van der Waals surface area contributed by atoms with Crippen LogP contribution in [0.25, 0.3) is 11.0 Å². The number of carbonyl (C=O) groups is 1. The minimum Gasteiger partial charge on any atom is -0.478 e. The van der Waals surface area contributed by atoms with Gasteiger partial charge in [-0.1, -0.05) is 42.1 Å². The van der Waals surface area contributed by atoms with Gasteiger partial charge in [0.05, 0.1) is 11.8 Å². The first kappa shape index (κ1) is 20.9. The van der Waals surface area contributed by atoms with Crippen molar-refractivity contribution in [3.63, 3.8) is 0 Å². The van der Waals surface area contributed by atoms with Gasteiger partial charge in [0.15, 0.2) is 17.7 Å². The number of aromatic nitrogens is 2. The second-order valence-corrected chi connectivity index (χ2v) is 7.79. The van der Waals surface area contributed by atoms with Crippen molar-refractivity contribution in [2.24, 2.45) is 0 Å². The molecule has 1 amide bonds. The van der Waals surface area contributed by atoms with Crippen LogP contribution in [-0.2, 0) is 4.79 Å². The number of ether oxygens (including phenoxy) is 1. The van der Waals surface area contributed by atoms with E-state index in [0.29, 0.717) is 5.76 Å². The van der Waals surface area contributed by atoms with Crippen LogP contribution in [0.5, 0.6) is 5.75 Å². The molecule has 0 bridgehead atoms. The SMILES string of the molecule is C[C@H](NC(=O)CSc1nnc([C@@H](C)Oc2ccccc2F)o1)c1cc2ccccc2o1. The second-order valence-electron chi connectivity index (χ2n) is 6.86. The predicted octanol–water partition coefficient (Wildman–Crippen LogP) is 5.06. The maximum Gasteiger partial charge on any atom is 0.277 e. The number of halogens is 1. The summed E-state index contributed by atoms with van der Waals surface area (Å²) in [6.07, 6.45) is -0.638. The summed E-state index contributed by atoms with van der Waals surface area (Å²) >= 11 is 1.11. The van der Waals surface area contributed by atoms with Gasteiger partial charge in [0, 0.05) is 5.39 Å². The fourth-order valence-corrected chi connectivity index (χ4v) is 3.50. The van der Waals surface area contributed by atoms with E-state index < -0.39 is 11.9 Å². The van der Waals surface area contributed by atoms with Gasteiger partial charge < -0.3 is 18.9 Å². The number of nitrogens with one attached hydrogen (secondary N) is 1. The van der Waals surface area contributed by atoms with Crippen LogP contribution in [0.4, 0.5) is 4.39 Å². The van der Waals surface area contributed by atoms with E-state index in [1.807, 2.05) is 37.3 Å². The second kappa shape index (κ2) is 9.22. The molecule has 2 heterocycles. The lowest BCUT2D eigenvalue weighted by Gasteiger charge is -2.11. The Morgan fingerprint density at radius 1 is 1.13 bits per heavy atom. The smallest absolute Gasteiger partial charge is 0.277 e. The Bertz CT molecular complexity index is 1160. The number of rotatable bonds is 8. The summed E-state index contributed by atoms with van der Waals surface area (Å²) in [5, 5.41) is 11.9. The Labute approximate surface area is 182 Å². The van der Waals surface area contributed by atoms with Gasteiger partial charge in [0.25, 0.3) is 11.1 Å². The summed E-state index contributed by atoms with van der Waals surface area (Å²) < 4.78 is 30.6. The molecule has 0 unspecified atom stereocenters. The molecule has 4 aromatic rings. The highest BCUT2D eigenvalue weighted by atomic mass is 32.2. The number of thioether (sulfide) groups is 1. The summed E-state index contributed by atoms with van der Waals surface area (Å²) in [6.45, 7) is 3.53. The topological polar surface area (TPSA) is 90.4 Å². The van der Waals surface area contributed by atoms with E-state index in [9.17, 15) is 9.18 Å². The van der Waals surface area contributed by atoms with Crippen molar-refractivity contribution in [3.8, 4) is 5.75 Å². The molecule has 2 atom stereocenters. The Kier molecular flexibility index (Phi) is 6.22. The highest BCUT2D eigenvalue weighted by Gasteiger charge is 2.19. The lowest BCUT2D eigenvalue weighted by atomic mass is 10.2. The molecule has 160 valence electrons. The van der Waals surface area contributed by atoms with Gasteiger partial charge in [0.1, 0.15) is 11.3 Å². The zero-order valence-corrected chi connectivity index (χ0v) is 17.7. The molecule has 0 saturated heterocycles. The molecule has 7 nitrogen and oxygen atoms in total. The van der Waals surface area contributed by atoms with E-state index >= 15 is 0 Å². The Morgan fingerprint density at radius 3 is 2.71 bits per heavy atom. The van der Waals surface area contributed by atoms with Crippen LogP contribution in [0.15, 0.2) is 68.7 Å². The Hall–Kier alpha value is -3.33. The van der Waals surface area contributed by atoms with Crippen molar-refractivity contribution in [1.29, 1.82) is 0 Å². The Balaban J connectivity index is 1.29. The van der Waals surface area contributed by atoms with Crippen LogP contribution in [0, 0.1) is 5.82 Å². The van der Waals surface area contributed by atoms with Gasteiger partial charge >= 0.3 is 0 Å². The molecule has 31 heavy (non-hydrogen) atoms. The average Bonchev–Trinajstić information content (AvgIpc) is 3.41. The first-order valence-corrected chi connectivity index (χ1v) is 10.6.